The first-order chi connectivity index (χ1) is 2.00. The van der Waals surface area contributed by atoms with Crippen molar-refractivity contribution in [1.29, 1.82) is 0 Å². The Balaban J connectivity index is -0.0000000800. The molecule has 0 amide bonds. The molecule has 0 aromatic carbocycles. The fourth-order valence-corrected chi connectivity index (χ4v) is 0. The van der Waals surface area contributed by atoms with Crippen molar-refractivity contribution in [2.45, 2.75) is 27.7 Å². The minimum absolute atomic E-state index is 0. The third-order valence-corrected chi connectivity index (χ3v) is 0. The van der Waals surface area contributed by atoms with E-state index in [0.717, 1.165) is 0 Å². The van der Waals surface area contributed by atoms with Crippen molar-refractivity contribution in [2.75, 3.05) is 0 Å². The molecule has 46 valence electrons. The maximum absolute atomic E-state index is 2.19. The molecule has 2 heteroatoms. The summed E-state index contributed by atoms with van der Waals surface area (Å²) in [7, 11) is 0. The average Bonchev–Trinajstić information content (AvgIpc) is 0.722. The molecule has 0 bridgehead atoms. The van der Waals surface area contributed by atoms with E-state index in [0.29, 0.717) is 5.41 Å². The van der Waals surface area contributed by atoms with E-state index in [1.807, 2.05) is 0 Å². The number of rotatable bonds is 0. The Bertz CT molecular complexity index is 23.6. The summed E-state index contributed by atoms with van der Waals surface area (Å²) in [5, 5.41) is 0. The van der Waals surface area contributed by atoms with Crippen LogP contribution in [0.3, 0.4) is 0 Å². The molecule has 0 saturated carbocycles. The Morgan fingerprint density at radius 3 is 0.857 bits per heavy atom. The predicted octanol–water partition coefficient (Wildman–Crippen LogP) is 2.21. The van der Waals surface area contributed by atoms with Crippen LogP contribution >= 0.6 is 0 Å². The molecule has 0 rings (SSSR count). The Hall–Kier alpha value is 0.648. The third-order valence-electron chi connectivity index (χ3n) is 0. The van der Waals surface area contributed by atoms with Gasteiger partial charge in [-0.2, -0.15) is 0 Å². The predicted molar refractivity (Wildman–Crippen MR) is 30.2 cm³/mol. The monoisotopic (exact) mass is 273 g/mol. The van der Waals surface area contributed by atoms with E-state index in [1.165, 1.54) is 0 Å². The first-order valence-corrected chi connectivity index (χ1v) is 2.00. The van der Waals surface area contributed by atoms with E-state index < -0.39 is 0 Å². The van der Waals surface area contributed by atoms with Crippen molar-refractivity contribution < 1.29 is 21.1 Å². The van der Waals surface area contributed by atoms with Crippen molar-refractivity contribution >= 4 is 0 Å². The molecule has 0 heterocycles. The molecule has 0 atom stereocenters. The van der Waals surface area contributed by atoms with Gasteiger partial charge in [0, 0.05) is 21.1 Å². The van der Waals surface area contributed by atoms with Gasteiger partial charge < -0.3 is 6.15 Å². The summed E-state index contributed by atoms with van der Waals surface area (Å²) in [4.78, 5) is 0. The molecule has 1 nitrogen and oxygen atoms in total. The molecule has 0 aromatic heterocycles. The van der Waals surface area contributed by atoms with Crippen molar-refractivity contribution in [3.63, 3.8) is 0 Å². The van der Waals surface area contributed by atoms with Gasteiger partial charge in [0.2, 0.25) is 0 Å². The minimum Gasteiger partial charge on any atom is -0.344 e. The van der Waals surface area contributed by atoms with Crippen molar-refractivity contribution in [2.24, 2.45) is 5.41 Å². The van der Waals surface area contributed by atoms with Crippen LogP contribution in [0, 0.1) is 5.41 Å². The van der Waals surface area contributed by atoms with Gasteiger partial charge in [0.1, 0.15) is 0 Å². The van der Waals surface area contributed by atoms with Crippen molar-refractivity contribution in [3.8, 4) is 0 Å². The quantitative estimate of drug-likeness (QED) is 0.721. The molecule has 0 aliphatic heterocycles. The maximum atomic E-state index is 2.19. The van der Waals surface area contributed by atoms with Crippen LogP contribution in [0.15, 0.2) is 0 Å². The Morgan fingerprint density at radius 2 is 0.857 bits per heavy atom. The molecule has 7 heavy (non-hydrogen) atoms. The number of hydrogen-bond donors (Lipinski definition) is 1. The second kappa shape index (κ2) is 4.80. The summed E-state index contributed by atoms with van der Waals surface area (Å²) in [6.45, 7) is 8.75. The van der Waals surface area contributed by atoms with Crippen LogP contribution in [0.4, 0.5) is 0 Å². The summed E-state index contributed by atoms with van der Waals surface area (Å²) in [5.74, 6) is 0. The Morgan fingerprint density at radius 1 is 0.857 bits per heavy atom. The normalized spacial score (nSPS) is 8.57. The second-order valence-electron chi connectivity index (χ2n) is 3.00. The molecular weight excluding hydrogens is 258 g/mol. The molecule has 3 N–H and O–H groups in total. The van der Waals surface area contributed by atoms with Gasteiger partial charge in [-0.15, -0.1) is 0 Å². The van der Waals surface area contributed by atoms with Crippen LogP contribution < -0.4 is 6.15 Å². The molecule has 0 fully saturated rings. The summed E-state index contributed by atoms with van der Waals surface area (Å²) in [6, 6.07) is 0. The molecule has 0 saturated heterocycles. The molecule has 0 radical (unpaired) electrons. The van der Waals surface area contributed by atoms with E-state index in [4.69, 9.17) is 0 Å². The van der Waals surface area contributed by atoms with E-state index in [1.54, 1.807) is 0 Å². The van der Waals surface area contributed by atoms with Gasteiger partial charge in [-0.1, -0.05) is 27.7 Å². The molecule has 0 aromatic rings. The van der Waals surface area contributed by atoms with Crippen molar-refractivity contribution in [1.82, 2.24) is 6.15 Å². The molecule has 0 aliphatic rings. The number of hydrogen-bond acceptors (Lipinski definition) is 1. The minimum atomic E-state index is 0. The van der Waals surface area contributed by atoms with E-state index in [2.05, 4.69) is 27.7 Å². The van der Waals surface area contributed by atoms with Crippen LogP contribution in [0.5, 0.6) is 0 Å². The molecular formula is C5H15NW. The summed E-state index contributed by atoms with van der Waals surface area (Å²) < 4.78 is 0. The van der Waals surface area contributed by atoms with Gasteiger partial charge in [-0.3, -0.25) is 0 Å². The summed E-state index contributed by atoms with van der Waals surface area (Å²) in [5.41, 5.74) is 0.500. The second-order valence-corrected chi connectivity index (χ2v) is 3.00. The largest absolute Gasteiger partial charge is 0.344 e. The van der Waals surface area contributed by atoms with Crippen LogP contribution in [-0.2, 0) is 21.1 Å². The van der Waals surface area contributed by atoms with Crippen LogP contribution in [0.2, 0.25) is 0 Å². The smallest absolute Gasteiger partial charge is 0 e. The van der Waals surface area contributed by atoms with E-state index in [-0.39, 0.29) is 27.2 Å². The Kier molecular flexibility index (Phi) is 10.7. The standard InChI is InChI=1S/C5H12.H3N.W/c1-5(2,3)4;;/h1-4H3;1H3;. The fraction of sp³-hybridized carbons (Fsp3) is 1.00. The zero-order valence-corrected chi connectivity index (χ0v) is 8.55. The van der Waals surface area contributed by atoms with E-state index in [9.17, 15) is 0 Å². The third kappa shape index (κ3) is 342. The Labute approximate surface area is 60.7 Å². The fourth-order valence-electron chi connectivity index (χ4n) is 0. The van der Waals surface area contributed by atoms with Crippen molar-refractivity contribution in [3.05, 3.63) is 0 Å². The zero-order chi connectivity index (χ0) is 4.50. The maximum Gasteiger partial charge on any atom is 0 e. The first-order valence-electron chi connectivity index (χ1n) is 2.00. The zero-order valence-electron chi connectivity index (χ0n) is 5.62. The summed E-state index contributed by atoms with van der Waals surface area (Å²) >= 11 is 0. The van der Waals surface area contributed by atoms with Gasteiger partial charge in [0.15, 0.2) is 0 Å². The molecule has 0 aliphatic carbocycles. The van der Waals surface area contributed by atoms with Gasteiger partial charge in [0.05, 0.1) is 0 Å². The topological polar surface area (TPSA) is 35.0 Å². The molecule has 0 unspecified atom stereocenters. The van der Waals surface area contributed by atoms with Gasteiger partial charge in [-0.05, 0) is 5.41 Å². The van der Waals surface area contributed by atoms with Crippen LogP contribution in [0.25, 0.3) is 0 Å². The SMILES string of the molecule is CC(C)(C)C.N.[W]. The van der Waals surface area contributed by atoms with Gasteiger partial charge >= 0.3 is 0 Å². The first kappa shape index (κ1) is 15.6. The summed E-state index contributed by atoms with van der Waals surface area (Å²) in [6.07, 6.45) is 0. The average molecular weight is 273 g/mol. The molecule has 0 spiro atoms. The van der Waals surface area contributed by atoms with Crippen LogP contribution in [-0.4, -0.2) is 0 Å². The van der Waals surface area contributed by atoms with Crippen LogP contribution in [0.1, 0.15) is 27.7 Å². The van der Waals surface area contributed by atoms with Gasteiger partial charge in [0.25, 0.3) is 0 Å². The van der Waals surface area contributed by atoms with E-state index >= 15 is 0 Å². The van der Waals surface area contributed by atoms with Gasteiger partial charge in [-0.25, -0.2) is 0 Å².